The van der Waals surface area contributed by atoms with Crippen molar-refractivity contribution in [1.29, 1.82) is 0 Å². The summed E-state index contributed by atoms with van der Waals surface area (Å²) in [6, 6.07) is -0.650. The molecule has 1 heterocycles. The van der Waals surface area contributed by atoms with Crippen LogP contribution in [0.1, 0.15) is 52.4 Å². The van der Waals surface area contributed by atoms with Crippen LogP contribution >= 0.6 is 0 Å². The minimum atomic E-state index is -0.881. The summed E-state index contributed by atoms with van der Waals surface area (Å²) >= 11 is 0. The molecule has 1 aliphatic heterocycles. The minimum Gasteiger partial charge on any atom is -0.480 e. The molecule has 0 spiro atoms. The van der Waals surface area contributed by atoms with E-state index in [0.717, 1.165) is 25.7 Å². The largest absolute Gasteiger partial charge is 0.480 e. The molecule has 2 atom stereocenters. The number of aliphatic carboxylic acids is 1. The first-order valence-corrected chi connectivity index (χ1v) is 7.68. The molecule has 1 amide bonds. The van der Waals surface area contributed by atoms with Gasteiger partial charge in [-0.2, -0.15) is 0 Å². The van der Waals surface area contributed by atoms with E-state index < -0.39 is 12.0 Å². The van der Waals surface area contributed by atoms with Crippen molar-refractivity contribution < 1.29 is 14.7 Å². The molecule has 3 N–H and O–H groups in total. The fourth-order valence-electron chi connectivity index (χ4n) is 2.96. The summed E-state index contributed by atoms with van der Waals surface area (Å²) in [5, 5.41) is 9.30. The molecular formula is C15H28N2O3. The van der Waals surface area contributed by atoms with Gasteiger partial charge in [-0.25, -0.2) is 4.79 Å². The van der Waals surface area contributed by atoms with Gasteiger partial charge in [-0.15, -0.1) is 0 Å². The van der Waals surface area contributed by atoms with E-state index in [1.54, 1.807) is 4.90 Å². The van der Waals surface area contributed by atoms with E-state index in [1.807, 2.05) is 0 Å². The standard InChI is InChI=1S/C15H28N2O3/c1-11(2)8-12(10-16)9-14(18)17-7-5-3-4-6-13(17)15(19)20/h11-13H,3-10,16H2,1-2H3,(H,19,20)/t12-,13?/m0/s1. The predicted molar refractivity (Wildman–Crippen MR) is 78.2 cm³/mol. The Labute approximate surface area is 121 Å². The van der Waals surface area contributed by atoms with E-state index in [4.69, 9.17) is 5.73 Å². The van der Waals surface area contributed by atoms with Gasteiger partial charge in [0.25, 0.3) is 0 Å². The monoisotopic (exact) mass is 284 g/mol. The highest BCUT2D eigenvalue weighted by Gasteiger charge is 2.31. The highest BCUT2D eigenvalue weighted by Crippen LogP contribution is 2.21. The van der Waals surface area contributed by atoms with Crippen LogP contribution in [0.5, 0.6) is 0 Å². The summed E-state index contributed by atoms with van der Waals surface area (Å²) in [4.78, 5) is 25.3. The molecule has 1 fully saturated rings. The second-order valence-electron chi connectivity index (χ2n) is 6.23. The molecule has 1 aliphatic rings. The van der Waals surface area contributed by atoms with Crippen molar-refractivity contribution in [3.63, 3.8) is 0 Å². The Bertz CT molecular complexity index is 331. The number of likely N-dealkylation sites (tertiary alicyclic amines) is 1. The molecule has 1 rings (SSSR count). The van der Waals surface area contributed by atoms with Gasteiger partial charge in [-0.05, 0) is 37.6 Å². The smallest absolute Gasteiger partial charge is 0.326 e. The van der Waals surface area contributed by atoms with Gasteiger partial charge in [0.15, 0.2) is 0 Å². The van der Waals surface area contributed by atoms with Crippen molar-refractivity contribution >= 4 is 11.9 Å². The number of nitrogens with two attached hydrogens (primary N) is 1. The van der Waals surface area contributed by atoms with Crippen molar-refractivity contribution in [2.75, 3.05) is 13.1 Å². The van der Waals surface area contributed by atoms with E-state index in [0.29, 0.717) is 31.8 Å². The van der Waals surface area contributed by atoms with Crippen LogP contribution in [-0.2, 0) is 9.59 Å². The van der Waals surface area contributed by atoms with Crippen LogP contribution in [0.4, 0.5) is 0 Å². The zero-order valence-corrected chi connectivity index (χ0v) is 12.7. The van der Waals surface area contributed by atoms with Gasteiger partial charge in [0.05, 0.1) is 0 Å². The summed E-state index contributed by atoms with van der Waals surface area (Å²) in [5.41, 5.74) is 5.74. The van der Waals surface area contributed by atoms with Crippen LogP contribution < -0.4 is 5.73 Å². The molecule has 0 saturated carbocycles. The molecule has 0 aromatic heterocycles. The number of hydrogen-bond acceptors (Lipinski definition) is 3. The highest BCUT2D eigenvalue weighted by molar-refractivity contribution is 5.83. The molecule has 5 nitrogen and oxygen atoms in total. The molecular weight excluding hydrogens is 256 g/mol. The number of carboxylic acid groups (broad SMARTS) is 1. The van der Waals surface area contributed by atoms with Crippen molar-refractivity contribution in [2.24, 2.45) is 17.6 Å². The Morgan fingerprint density at radius 2 is 2.00 bits per heavy atom. The highest BCUT2D eigenvalue weighted by atomic mass is 16.4. The number of nitrogens with zero attached hydrogens (tertiary/aromatic N) is 1. The SMILES string of the molecule is CC(C)C[C@H](CN)CC(=O)N1CCCCCC1C(=O)O. The van der Waals surface area contributed by atoms with Crippen LogP contribution in [-0.4, -0.2) is 41.0 Å². The molecule has 1 saturated heterocycles. The van der Waals surface area contributed by atoms with E-state index >= 15 is 0 Å². The van der Waals surface area contributed by atoms with Crippen LogP contribution in [0.25, 0.3) is 0 Å². The van der Waals surface area contributed by atoms with Crippen LogP contribution in [0.2, 0.25) is 0 Å². The quantitative estimate of drug-likeness (QED) is 0.779. The number of rotatable bonds is 6. The van der Waals surface area contributed by atoms with Crippen LogP contribution in [0, 0.1) is 11.8 Å². The van der Waals surface area contributed by atoms with Crippen molar-refractivity contribution in [3.8, 4) is 0 Å². The summed E-state index contributed by atoms with van der Waals surface area (Å²) in [6.45, 7) is 5.27. The summed E-state index contributed by atoms with van der Waals surface area (Å²) in [5.74, 6) is -0.278. The molecule has 0 bridgehead atoms. The lowest BCUT2D eigenvalue weighted by Gasteiger charge is -2.29. The van der Waals surface area contributed by atoms with E-state index in [2.05, 4.69) is 13.8 Å². The van der Waals surface area contributed by atoms with E-state index in [1.165, 1.54) is 0 Å². The molecule has 116 valence electrons. The van der Waals surface area contributed by atoms with Gasteiger partial charge < -0.3 is 15.7 Å². The molecule has 20 heavy (non-hydrogen) atoms. The minimum absolute atomic E-state index is 0.0459. The molecule has 0 radical (unpaired) electrons. The third-order valence-electron chi connectivity index (χ3n) is 3.96. The Kier molecular flexibility index (Phi) is 6.99. The maximum atomic E-state index is 12.4. The van der Waals surface area contributed by atoms with Crippen LogP contribution in [0.15, 0.2) is 0 Å². The molecule has 0 aromatic carbocycles. The Balaban J connectivity index is 2.68. The van der Waals surface area contributed by atoms with Crippen molar-refractivity contribution in [2.45, 2.75) is 58.4 Å². The van der Waals surface area contributed by atoms with E-state index in [-0.39, 0.29) is 11.8 Å². The number of hydrogen-bond donors (Lipinski definition) is 2. The molecule has 5 heteroatoms. The lowest BCUT2D eigenvalue weighted by atomic mass is 9.93. The maximum Gasteiger partial charge on any atom is 0.326 e. The Morgan fingerprint density at radius 1 is 1.30 bits per heavy atom. The zero-order valence-electron chi connectivity index (χ0n) is 12.7. The second kappa shape index (κ2) is 8.25. The third-order valence-corrected chi connectivity index (χ3v) is 3.96. The van der Waals surface area contributed by atoms with Gasteiger partial charge in [0.1, 0.15) is 6.04 Å². The van der Waals surface area contributed by atoms with Gasteiger partial charge >= 0.3 is 5.97 Å². The molecule has 1 unspecified atom stereocenters. The third kappa shape index (κ3) is 5.12. The number of carboxylic acids is 1. The predicted octanol–water partition coefficient (Wildman–Crippen LogP) is 1.85. The number of carbonyl (C=O) groups excluding carboxylic acids is 1. The fraction of sp³-hybridized carbons (Fsp3) is 0.867. The normalized spacial score (nSPS) is 21.6. The Morgan fingerprint density at radius 3 is 2.55 bits per heavy atom. The number of carbonyl (C=O) groups is 2. The fourth-order valence-corrected chi connectivity index (χ4v) is 2.96. The summed E-state index contributed by atoms with van der Waals surface area (Å²) < 4.78 is 0. The topological polar surface area (TPSA) is 83.6 Å². The number of amides is 1. The van der Waals surface area contributed by atoms with Crippen molar-refractivity contribution in [3.05, 3.63) is 0 Å². The average Bonchev–Trinajstić information content (AvgIpc) is 2.62. The molecule has 0 aromatic rings. The van der Waals surface area contributed by atoms with Gasteiger partial charge in [-0.1, -0.05) is 26.7 Å². The maximum absolute atomic E-state index is 12.4. The van der Waals surface area contributed by atoms with Crippen LogP contribution in [0.3, 0.4) is 0 Å². The summed E-state index contributed by atoms with van der Waals surface area (Å²) in [6.07, 6.45) is 4.63. The first-order chi connectivity index (χ1) is 9.45. The Hall–Kier alpha value is -1.10. The average molecular weight is 284 g/mol. The first kappa shape index (κ1) is 17.0. The van der Waals surface area contributed by atoms with Gasteiger partial charge in [0.2, 0.25) is 5.91 Å². The van der Waals surface area contributed by atoms with Gasteiger partial charge in [0, 0.05) is 13.0 Å². The van der Waals surface area contributed by atoms with Gasteiger partial charge in [-0.3, -0.25) is 4.79 Å². The second-order valence-corrected chi connectivity index (χ2v) is 6.23. The van der Waals surface area contributed by atoms with E-state index in [9.17, 15) is 14.7 Å². The zero-order chi connectivity index (χ0) is 15.1. The molecule has 0 aliphatic carbocycles. The van der Waals surface area contributed by atoms with Crippen molar-refractivity contribution in [1.82, 2.24) is 4.90 Å². The summed E-state index contributed by atoms with van der Waals surface area (Å²) in [7, 11) is 0. The first-order valence-electron chi connectivity index (χ1n) is 7.68. The lowest BCUT2D eigenvalue weighted by molar-refractivity contribution is -0.150. The lowest BCUT2D eigenvalue weighted by Crippen LogP contribution is -2.45.